The van der Waals surface area contributed by atoms with E-state index in [-0.39, 0.29) is 25.6 Å². The molecule has 0 aliphatic heterocycles. The summed E-state index contributed by atoms with van der Waals surface area (Å²) in [4.78, 5) is 34.8. The van der Waals surface area contributed by atoms with Gasteiger partial charge in [-0.2, -0.15) is 0 Å². The van der Waals surface area contributed by atoms with E-state index < -0.39 is 26.5 Å². The highest BCUT2D eigenvalue weighted by Crippen LogP contribution is 2.43. The fraction of sp³-hybridized carbons (Fsp3) is 0.864. The number of rotatable bonds is 41. The number of unbranched alkanes of at least 4 members (excludes halogenated alkanes) is 25. The van der Waals surface area contributed by atoms with Gasteiger partial charge in [0.2, 0.25) is 0 Å². The maximum absolute atomic E-state index is 12.6. The summed E-state index contributed by atoms with van der Waals surface area (Å²) in [6.45, 7) is 5.47. The Balaban J connectivity index is 4.06. The largest absolute Gasteiger partial charge is 0.472 e. The minimum atomic E-state index is -4.28. The lowest BCUT2D eigenvalue weighted by Crippen LogP contribution is -2.29. The minimum absolute atomic E-state index is 0.000694. The summed E-state index contributed by atoms with van der Waals surface area (Å²) >= 11 is 0. The lowest BCUT2D eigenvalue weighted by Gasteiger charge is -2.19. The van der Waals surface area contributed by atoms with Crippen LogP contribution in [0, 0.1) is 0 Å². The van der Waals surface area contributed by atoms with E-state index in [0.29, 0.717) is 12.8 Å². The molecule has 0 radical (unpaired) electrons. The predicted octanol–water partition coefficient (Wildman–Crippen LogP) is 13.8. The van der Waals surface area contributed by atoms with E-state index in [4.69, 9.17) is 18.5 Å². The van der Waals surface area contributed by atoms with E-state index in [0.717, 1.165) is 51.4 Å². The number of allylic oxidation sites excluding steroid dienone is 4. The molecular formula is C44H83O8P. The Morgan fingerprint density at radius 1 is 0.509 bits per heavy atom. The number of hydrogen-bond acceptors (Lipinski definition) is 7. The second kappa shape index (κ2) is 40.2. The number of carbonyl (C=O) groups is 2. The number of phosphoric acid groups is 1. The SMILES string of the molecule is CCCCC/C=C\C/C=C\CCCCCCCCCC(=O)OC(COC(=O)CCCCCCCCCCCCCCCCCC)COP(=O)(O)OCC. The summed E-state index contributed by atoms with van der Waals surface area (Å²) in [5.41, 5.74) is 0. The Kier molecular flexibility index (Phi) is 39.1. The third-order valence-corrected chi connectivity index (χ3v) is 10.6. The van der Waals surface area contributed by atoms with Gasteiger partial charge in [0.15, 0.2) is 6.10 Å². The fourth-order valence-electron chi connectivity index (χ4n) is 6.25. The van der Waals surface area contributed by atoms with E-state index in [1.165, 1.54) is 128 Å². The molecule has 0 amide bonds. The van der Waals surface area contributed by atoms with E-state index in [1.807, 2.05) is 0 Å². The van der Waals surface area contributed by atoms with Crippen LogP contribution in [0.1, 0.15) is 220 Å². The van der Waals surface area contributed by atoms with Crippen molar-refractivity contribution >= 4 is 19.8 Å². The van der Waals surface area contributed by atoms with E-state index in [9.17, 15) is 19.0 Å². The maximum Gasteiger partial charge on any atom is 0.472 e. The van der Waals surface area contributed by atoms with Crippen LogP contribution < -0.4 is 0 Å². The molecule has 0 aliphatic rings. The molecule has 53 heavy (non-hydrogen) atoms. The Bertz CT molecular complexity index is 921. The van der Waals surface area contributed by atoms with Crippen LogP contribution in [0.25, 0.3) is 0 Å². The summed E-state index contributed by atoms with van der Waals surface area (Å²) < 4.78 is 32.7. The molecule has 0 aromatic heterocycles. The van der Waals surface area contributed by atoms with Gasteiger partial charge in [-0.15, -0.1) is 0 Å². The topological polar surface area (TPSA) is 108 Å². The molecule has 0 fully saturated rings. The summed E-state index contributed by atoms with van der Waals surface area (Å²) in [7, 11) is -4.28. The summed E-state index contributed by atoms with van der Waals surface area (Å²) in [5.74, 6) is -0.797. The molecule has 0 aliphatic carbocycles. The van der Waals surface area contributed by atoms with Crippen LogP contribution in [-0.4, -0.2) is 42.8 Å². The molecule has 1 N–H and O–H groups in total. The highest BCUT2D eigenvalue weighted by atomic mass is 31.2. The highest BCUT2D eigenvalue weighted by molar-refractivity contribution is 7.47. The van der Waals surface area contributed by atoms with Crippen molar-refractivity contribution in [1.82, 2.24) is 0 Å². The lowest BCUT2D eigenvalue weighted by atomic mass is 10.0. The van der Waals surface area contributed by atoms with Gasteiger partial charge in [-0.3, -0.25) is 18.6 Å². The Labute approximate surface area is 326 Å². The molecule has 2 atom stereocenters. The third-order valence-electron chi connectivity index (χ3n) is 9.51. The molecule has 8 nitrogen and oxygen atoms in total. The molecule has 0 bridgehead atoms. The normalized spacial score (nSPS) is 13.5. The van der Waals surface area contributed by atoms with Gasteiger partial charge in [0.05, 0.1) is 13.2 Å². The molecule has 0 saturated heterocycles. The van der Waals surface area contributed by atoms with Crippen molar-refractivity contribution in [2.24, 2.45) is 0 Å². The molecule has 312 valence electrons. The first-order chi connectivity index (χ1) is 25.8. The summed E-state index contributed by atoms with van der Waals surface area (Å²) in [6, 6.07) is 0. The summed E-state index contributed by atoms with van der Waals surface area (Å²) in [6.07, 6.45) is 43.7. The van der Waals surface area contributed by atoms with Crippen LogP contribution in [-0.2, 0) is 32.7 Å². The third kappa shape index (κ3) is 40.0. The van der Waals surface area contributed by atoms with Crippen molar-refractivity contribution in [3.63, 3.8) is 0 Å². The quantitative estimate of drug-likeness (QED) is 0.0283. The fourth-order valence-corrected chi connectivity index (χ4v) is 7.00. The van der Waals surface area contributed by atoms with Crippen LogP contribution in [0.5, 0.6) is 0 Å². The Morgan fingerprint density at radius 3 is 1.38 bits per heavy atom. The van der Waals surface area contributed by atoms with Gasteiger partial charge in [0.25, 0.3) is 0 Å². The molecule has 0 spiro atoms. The van der Waals surface area contributed by atoms with Crippen molar-refractivity contribution in [3.8, 4) is 0 Å². The Hall–Kier alpha value is -1.47. The van der Waals surface area contributed by atoms with Crippen molar-refractivity contribution in [1.29, 1.82) is 0 Å². The molecule has 0 rings (SSSR count). The average molecular weight is 771 g/mol. The zero-order valence-corrected chi connectivity index (χ0v) is 35.6. The number of ether oxygens (including phenoxy) is 2. The molecular weight excluding hydrogens is 687 g/mol. The van der Waals surface area contributed by atoms with Crippen LogP contribution in [0.15, 0.2) is 24.3 Å². The molecule has 0 heterocycles. The van der Waals surface area contributed by atoms with Gasteiger partial charge in [0.1, 0.15) is 6.61 Å². The van der Waals surface area contributed by atoms with Gasteiger partial charge in [-0.05, 0) is 51.9 Å². The molecule has 0 aromatic carbocycles. The minimum Gasteiger partial charge on any atom is -0.462 e. The zero-order chi connectivity index (χ0) is 38.9. The average Bonchev–Trinajstić information content (AvgIpc) is 3.13. The van der Waals surface area contributed by atoms with E-state index >= 15 is 0 Å². The van der Waals surface area contributed by atoms with Crippen LogP contribution in [0.2, 0.25) is 0 Å². The molecule has 2 unspecified atom stereocenters. The van der Waals surface area contributed by atoms with Gasteiger partial charge >= 0.3 is 19.8 Å². The monoisotopic (exact) mass is 771 g/mol. The maximum atomic E-state index is 12.6. The van der Waals surface area contributed by atoms with Crippen molar-refractivity contribution in [2.75, 3.05) is 19.8 Å². The van der Waals surface area contributed by atoms with Gasteiger partial charge in [0, 0.05) is 12.8 Å². The van der Waals surface area contributed by atoms with Crippen molar-refractivity contribution in [2.45, 2.75) is 226 Å². The number of hydrogen-bond donors (Lipinski definition) is 1. The number of esters is 2. The first kappa shape index (κ1) is 51.5. The van der Waals surface area contributed by atoms with Gasteiger partial charge < -0.3 is 14.4 Å². The second-order valence-electron chi connectivity index (χ2n) is 14.7. The smallest absolute Gasteiger partial charge is 0.462 e. The molecule has 0 saturated carbocycles. The second-order valence-corrected chi connectivity index (χ2v) is 16.2. The van der Waals surface area contributed by atoms with Crippen molar-refractivity contribution in [3.05, 3.63) is 24.3 Å². The van der Waals surface area contributed by atoms with Crippen LogP contribution in [0.3, 0.4) is 0 Å². The van der Waals surface area contributed by atoms with Crippen LogP contribution >= 0.6 is 7.82 Å². The highest BCUT2D eigenvalue weighted by Gasteiger charge is 2.25. The van der Waals surface area contributed by atoms with Gasteiger partial charge in [-0.25, -0.2) is 4.57 Å². The van der Waals surface area contributed by atoms with Gasteiger partial charge in [-0.1, -0.05) is 179 Å². The predicted molar refractivity (Wildman–Crippen MR) is 221 cm³/mol. The number of carbonyl (C=O) groups excluding carboxylic acids is 2. The molecule has 0 aromatic rings. The first-order valence-electron chi connectivity index (χ1n) is 22.1. The standard InChI is InChI=1S/C44H83O8P/c1-4-7-9-11-13-15-17-19-21-23-25-27-29-31-33-35-37-39-44(46)52-42(41-51-53(47,48)50-6-3)40-49-43(45)38-36-34-32-30-28-26-24-22-20-18-16-14-12-10-8-5-2/h13,15,19,21,42H,4-12,14,16-18,20,22-41H2,1-3H3,(H,47,48)/b15-13-,21-19-. The first-order valence-corrected chi connectivity index (χ1v) is 23.6. The molecule has 9 heteroatoms. The van der Waals surface area contributed by atoms with Crippen molar-refractivity contribution < 1.29 is 37.6 Å². The number of phosphoric ester groups is 1. The summed E-state index contributed by atoms with van der Waals surface area (Å²) in [5, 5.41) is 0. The van der Waals surface area contributed by atoms with Crippen LogP contribution in [0.4, 0.5) is 0 Å². The van der Waals surface area contributed by atoms with E-state index in [2.05, 4.69) is 38.2 Å². The lowest BCUT2D eigenvalue weighted by molar-refractivity contribution is -0.161. The zero-order valence-electron chi connectivity index (χ0n) is 34.7. The Morgan fingerprint density at radius 2 is 0.906 bits per heavy atom. The van der Waals surface area contributed by atoms with E-state index in [1.54, 1.807) is 6.92 Å².